The topological polar surface area (TPSA) is 67.6 Å². The highest BCUT2D eigenvalue weighted by molar-refractivity contribution is 6.32. The van der Waals surface area contributed by atoms with E-state index in [-0.39, 0.29) is 5.41 Å². The van der Waals surface area contributed by atoms with Gasteiger partial charge in [-0.2, -0.15) is 5.26 Å². The average Bonchev–Trinajstić information content (AvgIpc) is 3.17. The number of carboxylic acid groups (broad SMARTS) is 1. The van der Waals surface area contributed by atoms with E-state index >= 15 is 0 Å². The van der Waals surface area contributed by atoms with Gasteiger partial charge in [0.15, 0.2) is 0 Å². The first-order valence-electron chi connectivity index (χ1n) is 12.0. The summed E-state index contributed by atoms with van der Waals surface area (Å²) in [6.45, 7) is 13.2. The normalized spacial score (nSPS) is 18.5. The van der Waals surface area contributed by atoms with Gasteiger partial charge in [0, 0.05) is 37.1 Å². The summed E-state index contributed by atoms with van der Waals surface area (Å²) in [6.07, 6.45) is 3.37. The van der Waals surface area contributed by atoms with Crippen LogP contribution in [0.1, 0.15) is 69.8 Å². The number of hydrogen-bond donors (Lipinski definition) is 1. The lowest BCUT2D eigenvalue weighted by Crippen LogP contribution is -2.41. The van der Waals surface area contributed by atoms with Gasteiger partial charge in [0.2, 0.25) is 0 Å². The fourth-order valence-electron chi connectivity index (χ4n) is 4.85. The standard InChI is InChI=1S/C23H24ClN3O2.2C2H6/c1-16-13-23(15-27(16)20-7-4-18(14-25)21(24)12-20)8-10-26(11-9-23)19-5-2-17(3-6-19)22(28)29;2*1-2/h2-7,12,16H,8-11,13,15H2,1H3,(H,28,29);2*1-2H3. The molecular weight excluding hydrogens is 434 g/mol. The first-order chi connectivity index (χ1) is 15.9. The minimum Gasteiger partial charge on any atom is -0.478 e. The number of anilines is 2. The van der Waals surface area contributed by atoms with E-state index < -0.39 is 5.97 Å². The van der Waals surface area contributed by atoms with Gasteiger partial charge in [-0.15, -0.1) is 0 Å². The number of nitrogens with zero attached hydrogens (tertiary/aromatic N) is 3. The van der Waals surface area contributed by atoms with Gasteiger partial charge >= 0.3 is 5.97 Å². The van der Waals surface area contributed by atoms with E-state index in [4.69, 9.17) is 22.0 Å². The van der Waals surface area contributed by atoms with Crippen LogP contribution in [0.4, 0.5) is 11.4 Å². The highest BCUT2D eigenvalue weighted by atomic mass is 35.5. The van der Waals surface area contributed by atoms with Crippen molar-refractivity contribution in [3.8, 4) is 6.07 Å². The molecule has 1 unspecified atom stereocenters. The molecule has 0 bridgehead atoms. The van der Waals surface area contributed by atoms with Gasteiger partial charge < -0.3 is 14.9 Å². The Morgan fingerprint density at radius 1 is 1.06 bits per heavy atom. The van der Waals surface area contributed by atoms with Crippen LogP contribution in [-0.2, 0) is 0 Å². The van der Waals surface area contributed by atoms with Crippen LogP contribution in [0.15, 0.2) is 42.5 Å². The highest BCUT2D eigenvalue weighted by Gasteiger charge is 2.44. The highest BCUT2D eigenvalue weighted by Crippen LogP contribution is 2.45. The molecule has 2 aromatic rings. The van der Waals surface area contributed by atoms with Gasteiger partial charge in [-0.05, 0) is 74.1 Å². The van der Waals surface area contributed by atoms with E-state index in [9.17, 15) is 4.79 Å². The molecule has 33 heavy (non-hydrogen) atoms. The number of carbonyl (C=O) groups is 1. The quantitative estimate of drug-likeness (QED) is 0.532. The van der Waals surface area contributed by atoms with E-state index in [0.29, 0.717) is 22.2 Å². The van der Waals surface area contributed by atoms with Gasteiger partial charge in [-0.3, -0.25) is 0 Å². The number of rotatable bonds is 3. The van der Waals surface area contributed by atoms with Crippen molar-refractivity contribution in [2.75, 3.05) is 29.4 Å². The molecule has 0 saturated carbocycles. The summed E-state index contributed by atoms with van der Waals surface area (Å²) in [5.74, 6) is -0.892. The third-order valence-corrected chi connectivity index (χ3v) is 6.79. The lowest BCUT2D eigenvalue weighted by Gasteiger charge is -2.40. The van der Waals surface area contributed by atoms with Gasteiger partial charge in [-0.25, -0.2) is 4.79 Å². The fraction of sp³-hybridized carbons (Fsp3) is 0.481. The Kier molecular flexibility index (Phi) is 9.61. The Morgan fingerprint density at radius 3 is 2.15 bits per heavy atom. The largest absolute Gasteiger partial charge is 0.478 e. The molecule has 2 aliphatic heterocycles. The van der Waals surface area contributed by atoms with Crippen LogP contribution in [0.3, 0.4) is 0 Å². The van der Waals surface area contributed by atoms with Crippen LogP contribution in [0.25, 0.3) is 0 Å². The van der Waals surface area contributed by atoms with Crippen molar-refractivity contribution in [3.05, 3.63) is 58.6 Å². The Labute approximate surface area is 203 Å². The zero-order valence-electron chi connectivity index (χ0n) is 20.4. The number of carboxylic acids is 1. The average molecular weight is 470 g/mol. The molecule has 0 aromatic heterocycles. The van der Waals surface area contributed by atoms with Crippen LogP contribution in [0, 0.1) is 16.7 Å². The second kappa shape index (κ2) is 12.0. The molecule has 4 rings (SSSR count). The van der Waals surface area contributed by atoms with Crippen LogP contribution in [0.2, 0.25) is 5.02 Å². The summed E-state index contributed by atoms with van der Waals surface area (Å²) in [7, 11) is 0. The Balaban J connectivity index is 0.000000914. The SMILES string of the molecule is CC.CC.CC1CC2(CCN(c3ccc(C(=O)O)cc3)CC2)CN1c1ccc(C#N)c(Cl)c1. The monoisotopic (exact) mass is 469 g/mol. The van der Waals surface area contributed by atoms with Crippen molar-refractivity contribution in [3.63, 3.8) is 0 Å². The number of piperidine rings is 1. The third-order valence-electron chi connectivity index (χ3n) is 6.47. The maximum atomic E-state index is 11.1. The van der Waals surface area contributed by atoms with E-state index in [1.54, 1.807) is 18.2 Å². The lowest BCUT2D eigenvalue weighted by molar-refractivity contribution is 0.0697. The smallest absolute Gasteiger partial charge is 0.335 e. The summed E-state index contributed by atoms with van der Waals surface area (Å²) in [5, 5.41) is 18.7. The number of nitriles is 1. The molecule has 1 N–H and O–H groups in total. The molecule has 6 heteroatoms. The second-order valence-electron chi connectivity index (χ2n) is 8.30. The van der Waals surface area contributed by atoms with Gasteiger partial charge in [0.25, 0.3) is 0 Å². The number of benzene rings is 2. The molecule has 2 fully saturated rings. The molecule has 1 spiro atoms. The van der Waals surface area contributed by atoms with Gasteiger partial charge in [0.05, 0.1) is 16.1 Å². The van der Waals surface area contributed by atoms with Crippen molar-refractivity contribution in [1.82, 2.24) is 0 Å². The van der Waals surface area contributed by atoms with Crippen LogP contribution >= 0.6 is 11.6 Å². The molecule has 2 saturated heterocycles. The van der Waals surface area contributed by atoms with Crippen LogP contribution < -0.4 is 9.80 Å². The minimum atomic E-state index is -0.892. The Hall–Kier alpha value is -2.71. The summed E-state index contributed by atoms with van der Waals surface area (Å²) >= 11 is 6.26. The van der Waals surface area contributed by atoms with Gasteiger partial charge in [0.1, 0.15) is 6.07 Å². The van der Waals surface area contributed by atoms with Gasteiger partial charge in [-0.1, -0.05) is 39.3 Å². The predicted octanol–water partition coefficient (Wildman–Crippen LogP) is 6.85. The zero-order chi connectivity index (χ0) is 24.6. The van der Waals surface area contributed by atoms with E-state index in [2.05, 4.69) is 22.8 Å². The molecule has 0 aliphatic carbocycles. The second-order valence-corrected chi connectivity index (χ2v) is 8.70. The van der Waals surface area contributed by atoms with Crippen molar-refractivity contribution >= 4 is 28.9 Å². The third kappa shape index (κ3) is 6.00. The van der Waals surface area contributed by atoms with Crippen LogP contribution in [0.5, 0.6) is 0 Å². The molecule has 5 nitrogen and oxygen atoms in total. The van der Waals surface area contributed by atoms with Crippen LogP contribution in [-0.4, -0.2) is 36.8 Å². The molecule has 1 atom stereocenters. The molecule has 2 aromatic carbocycles. The zero-order valence-corrected chi connectivity index (χ0v) is 21.2. The molecule has 2 aliphatic rings. The summed E-state index contributed by atoms with van der Waals surface area (Å²) in [5.41, 5.74) is 3.30. The minimum absolute atomic E-state index is 0.289. The Morgan fingerprint density at radius 2 is 1.64 bits per heavy atom. The maximum absolute atomic E-state index is 11.1. The van der Waals surface area contributed by atoms with E-state index in [1.807, 2.05) is 52.0 Å². The first kappa shape index (κ1) is 26.5. The predicted molar refractivity (Wildman–Crippen MR) is 138 cm³/mol. The summed E-state index contributed by atoms with van der Waals surface area (Å²) in [6, 6.07) is 15.4. The summed E-state index contributed by atoms with van der Waals surface area (Å²) < 4.78 is 0. The molecule has 0 radical (unpaired) electrons. The van der Waals surface area contributed by atoms with Crippen molar-refractivity contribution in [2.45, 2.75) is 59.9 Å². The van der Waals surface area contributed by atoms with E-state index in [0.717, 1.165) is 50.3 Å². The molecule has 178 valence electrons. The number of halogens is 1. The van der Waals surface area contributed by atoms with E-state index in [1.165, 1.54) is 0 Å². The number of hydrogen-bond acceptors (Lipinski definition) is 4. The summed E-state index contributed by atoms with van der Waals surface area (Å²) in [4.78, 5) is 15.8. The first-order valence-corrected chi connectivity index (χ1v) is 12.3. The Bertz CT molecular complexity index is 960. The lowest BCUT2D eigenvalue weighted by atomic mass is 9.76. The molecule has 2 heterocycles. The maximum Gasteiger partial charge on any atom is 0.335 e. The van der Waals surface area contributed by atoms with Crippen molar-refractivity contribution < 1.29 is 9.90 Å². The fourth-order valence-corrected chi connectivity index (χ4v) is 5.07. The van der Waals surface area contributed by atoms with Crippen molar-refractivity contribution in [2.24, 2.45) is 5.41 Å². The molecular formula is C27H36ClN3O2. The number of aromatic carboxylic acids is 1. The van der Waals surface area contributed by atoms with Crippen molar-refractivity contribution in [1.29, 1.82) is 5.26 Å². The molecule has 0 amide bonds.